The molecular formula is C23H30N2O5S. The standard InChI is InChI=1S/C23H30N2O5S/c1-17(26)24(10-5-12-28-2)15-23(27)25-11-8-22-20(9-13-31-22)21(25)16-30-19-7-4-6-18(14-19)29-3/h4,6-7,9,13-14,21H,5,8,10-12,15-16H2,1-3H3/t21-/m1/s1. The number of hydrogen-bond acceptors (Lipinski definition) is 6. The summed E-state index contributed by atoms with van der Waals surface area (Å²) >= 11 is 1.71. The Morgan fingerprint density at radius 2 is 2.03 bits per heavy atom. The maximum atomic E-state index is 13.2. The third-order valence-electron chi connectivity index (χ3n) is 5.41. The molecule has 1 aromatic carbocycles. The van der Waals surface area contributed by atoms with Gasteiger partial charge in [0.2, 0.25) is 11.8 Å². The van der Waals surface area contributed by atoms with Crippen LogP contribution in [-0.4, -0.2) is 68.7 Å². The Labute approximate surface area is 187 Å². The highest BCUT2D eigenvalue weighted by atomic mass is 32.1. The molecule has 1 aliphatic heterocycles. The minimum atomic E-state index is -0.193. The first-order valence-corrected chi connectivity index (χ1v) is 11.3. The fourth-order valence-electron chi connectivity index (χ4n) is 3.74. The monoisotopic (exact) mass is 446 g/mol. The second kappa shape index (κ2) is 11.2. The molecule has 0 fully saturated rings. The van der Waals surface area contributed by atoms with Crippen molar-refractivity contribution in [2.45, 2.75) is 25.8 Å². The van der Waals surface area contributed by atoms with E-state index < -0.39 is 0 Å². The number of fused-ring (bicyclic) bond motifs is 1. The van der Waals surface area contributed by atoms with Crippen LogP contribution in [0.4, 0.5) is 0 Å². The van der Waals surface area contributed by atoms with Crippen LogP contribution in [0.15, 0.2) is 35.7 Å². The molecule has 1 aromatic heterocycles. The normalized spacial score (nSPS) is 15.3. The molecule has 0 saturated carbocycles. The van der Waals surface area contributed by atoms with E-state index in [-0.39, 0.29) is 24.4 Å². The Hall–Kier alpha value is -2.58. The maximum absolute atomic E-state index is 13.2. The van der Waals surface area contributed by atoms with E-state index in [1.807, 2.05) is 29.2 Å². The summed E-state index contributed by atoms with van der Waals surface area (Å²) in [6.07, 6.45) is 1.51. The molecule has 2 aromatic rings. The average molecular weight is 447 g/mol. The van der Waals surface area contributed by atoms with Crippen LogP contribution in [-0.2, 0) is 20.7 Å². The number of carbonyl (C=O) groups is 2. The van der Waals surface area contributed by atoms with Crippen LogP contribution in [0.1, 0.15) is 29.8 Å². The number of ether oxygens (including phenoxy) is 3. The number of nitrogens with zero attached hydrogens (tertiary/aromatic N) is 2. The number of methoxy groups -OCH3 is 2. The van der Waals surface area contributed by atoms with Crippen LogP contribution < -0.4 is 9.47 Å². The lowest BCUT2D eigenvalue weighted by Crippen LogP contribution is -2.47. The third-order valence-corrected chi connectivity index (χ3v) is 6.41. The van der Waals surface area contributed by atoms with Crippen LogP contribution in [0.5, 0.6) is 11.5 Å². The Bertz CT molecular complexity index is 884. The second-order valence-corrected chi connectivity index (χ2v) is 8.43. The van der Waals surface area contributed by atoms with Crippen LogP contribution in [0.25, 0.3) is 0 Å². The molecule has 7 nitrogen and oxygen atoms in total. The SMILES string of the molecule is COCCCN(CC(=O)N1CCc2sccc2[C@H]1COc1cccc(OC)c1)C(C)=O. The zero-order valence-corrected chi connectivity index (χ0v) is 19.2. The Balaban J connectivity index is 1.72. The Kier molecular flexibility index (Phi) is 8.31. The van der Waals surface area contributed by atoms with E-state index in [1.54, 1.807) is 30.5 Å². The van der Waals surface area contributed by atoms with Crippen LogP contribution in [0.2, 0.25) is 0 Å². The van der Waals surface area contributed by atoms with E-state index in [0.717, 1.165) is 17.7 Å². The van der Waals surface area contributed by atoms with Crippen molar-refractivity contribution >= 4 is 23.2 Å². The molecular weight excluding hydrogens is 416 g/mol. The summed E-state index contributed by atoms with van der Waals surface area (Å²) in [6, 6.07) is 9.32. The predicted molar refractivity (Wildman–Crippen MR) is 120 cm³/mol. The summed E-state index contributed by atoms with van der Waals surface area (Å²) in [7, 11) is 3.24. The molecule has 0 unspecified atom stereocenters. The van der Waals surface area contributed by atoms with Gasteiger partial charge in [-0.2, -0.15) is 0 Å². The van der Waals surface area contributed by atoms with Gasteiger partial charge < -0.3 is 24.0 Å². The molecule has 1 aliphatic rings. The summed E-state index contributed by atoms with van der Waals surface area (Å²) in [4.78, 5) is 30.0. The molecule has 0 bridgehead atoms. The second-order valence-electron chi connectivity index (χ2n) is 7.43. The number of amides is 2. The zero-order valence-electron chi connectivity index (χ0n) is 18.3. The number of carbonyl (C=O) groups excluding carboxylic acids is 2. The summed E-state index contributed by atoms with van der Waals surface area (Å²) in [5.41, 5.74) is 1.13. The van der Waals surface area contributed by atoms with E-state index in [9.17, 15) is 9.59 Å². The van der Waals surface area contributed by atoms with Gasteiger partial charge in [-0.15, -0.1) is 11.3 Å². The summed E-state index contributed by atoms with van der Waals surface area (Å²) in [5.74, 6) is 1.24. The van der Waals surface area contributed by atoms with Crippen molar-refractivity contribution in [1.29, 1.82) is 0 Å². The van der Waals surface area contributed by atoms with Crippen molar-refractivity contribution in [1.82, 2.24) is 9.80 Å². The number of thiophene rings is 1. The van der Waals surface area contributed by atoms with Gasteiger partial charge in [-0.25, -0.2) is 0 Å². The lowest BCUT2D eigenvalue weighted by atomic mass is 10.0. The van der Waals surface area contributed by atoms with Crippen molar-refractivity contribution in [3.05, 3.63) is 46.2 Å². The molecule has 8 heteroatoms. The van der Waals surface area contributed by atoms with Gasteiger partial charge in [0, 0.05) is 44.7 Å². The molecule has 2 amide bonds. The van der Waals surface area contributed by atoms with E-state index in [1.165, 1.54) is 11.8 Å². The molecule has 2 heterocycles. The first-order chi connectivity index (χ1) is 15.0. The van der Waals surface area contributed by atoms with Gasteiger partial charge in [0.05, 0.1) is 19.7 Å². The van der Waals surface area contributed by atoms with Crippen LogP contribution in [0.3, 0.4) is 0 Å². The molecule has 168 valence electrons. The number of rotatable bonds is 10. The Morgan fingerprint density at radius 1 is 1.23 bits per heavy atom. The Morgan fingerprint density at radius 3 is 2.77 bits per heavy atom. The minimum absolute atomic E-state index is 0.0637. The average Bonchev–Trinajstić information content (AvgIpc) is 3.26. The highest BCUT2D eigenvalue weighted by Crippen LogP contribution is 2.34. The first kappa shape index (κ1) is 23.1. The predicted octanol–water partition coefficient (Wildman–Crippen LogP) is 3.15. The van der Waals surface area contributed by atoms with Crippen LogP contribution >= 0.6 is 11.3 Å². The number of benzene rings is 1. The molecule has 0 aliphatic carbocycles. The lowest BCUT2D eigenvalue weighted by molar-refractivity contribution is -0.142. The fourth-order valence-corrected chi connectivity index (χ4v) is 4.67. The highest BCUT2D eigenvalue weighted by Gasteiger charge is 2.33. The smallest absolute Gasteiger partial charge is 0.242 e. The van der Waals surface area contributed by atoms with Gasteiger partial charge in [0.1, 0.15) is 18.1 Å². The van der Waals surface area contributed by atoms with Crippen molar-refractivity contribution in [3.8, 4) is 11.5 Å². The zero-order chi connectivity index (χ0) is 22.2. The summed E-state index contributed by atoms with van der Waals surface area (Å²) in [5, 5.41) is 2.06. The van der Waals surface area contributed by atoms with E-state index in [0.29, 0.717) is 38.5 Å². The largest absolute Gasteiger partial charge is 0.497 e. The molecule has 1 atom stereocenters. The molecule has 0 radical (unpaired) electrons. The molecule has 31 heavy (non-hydrogen) atoms. The fraction of sp³-hybridized carbons (Fsp3) is 0.478. The molecule has 3 rings (SSSR count). The minimum Gasteiger partial charge on any atom is -0.497 e. The van der Waals surface area contributed by atoms with Crippen molar-refractivity contribution < 1.29 is 23.8 Å². The topological polar surface area (TPSA) is 68.3 Å². The third kappa shape index (κ3) is 5.98. The van der Waals surface area contributed by atoms with E-state index in [2.05, 4.69) is 11.4 Å². The maximum Gasteiger partial charge on any atom is 0.242 e. The van der Waals surface area contributed by atoms with Crippen LogP contribution in [0, 0.1) is 0 Å². The van der Waals surface area contributed by atoms with Gasteiger partial charge in [-0.1, -0.05) is 6.07 Å². The number of hydrogen-bond donors (Lipinski definition) is 0. The van der Waals surface area contributed by atoms with Crippen molar-refractivity contribution in [2.24, 2.45) is 0 Å². The van der Waals surface area contributed by atoms with Gasteiger partial charge in [0.15, 0.2) is 0 Å². The summed E-state index contributed by atoms with van der Waals surface area (Å²) in [6.45, 7) is 3.56. The van der Waals surface area contributed by atoms with Crippen molar-refractivity contribution in [3.63, 3.8) is 0 Å². The lowest BCUT2D eigenvalue weighted by Gasteiger charge is -2.37. The van der Waals surface area contributed by atoms with Gasteiger partial charge >= 0.3 is 0 Å². The molecule has 0 N–H and O–H groups in total. The molecule has 0 saturated heterocycles. The van der Waals surface area contributed by atoms with Gasteiger partial charge in [0.25, 0.3) is 0 Å². The van der Waals surface area contributed by atoms with Gasteiger partial charge in [-0.3, -0.25) is 9.59 Å². The quantitative estimate of drug-likeness (QED) is 0.525. The van der Waals surface area contributed by atoms with Gasteiger partial charge in [-0.05, 0) is 42.0 Å². The highest BCUT2D eigenvalue weighted by molar-refractivity contribution is 7.10. The van der Waals surface area contributed by atoms with E-state index >= 15 is 0 Å². The molecule has 0 spiro atoms. The summed E-state index contributed by atoms with van der Waals surface area (Å²) < 4.78 is 16.4. The first-order valence-electron chi connectivity index (χ1n) is 10.4. The van der Waals surface area contributed by atoms with E-state index in [4.69, 9.17) is 14.2 Å². The van der Waals surface area contributed by atoms with Crippen molar-refractivity contribution in [2.75, 3.05) is 47.1 Å².